The fourth-order valence-electron chi connectivity index (χ4n) is 3.22. The summed E-state index contributed by atoms with van der Waals surface area (Å²) in [6, 6.07) is 21.0. The van der Waals surface area contributed by atoms with Crippen LogP contribution in [0.3, 0.4) is 0 Å². The standard InChI is InChI=1S/C23H18ClN3O3/c1-30-20-9-5-3-7-18(20)25-21(28)14-27-19-8-4-2-6-17(19)26-23(27)22(29)15-10-12-16(24)13-11-15/h2-13H,14H2,1H3,(H,25,28). The van der Waals surface area contributed by atoms with Crippen LogP contribution in [0.15, 0.2) is 72.8 Å². The molecular formula is C23H18ClN3O3. The fraction of sp³-hybridized carbons (Fsp3) is 0.0870. The van der Waals surface area contributed by atoms with Gasteiger partial charge in [0.05, 0.1) is 23.8 Å². The van der Waals surface area contributed by atoms with Gasteiger partial charge in [-0.25, -0.2) is 4.98 Å². The number of methoxy groups -OCH3 is 1. The Hall–Kier alpha value is -3.64. The van der Waals surface area contributed by atoms with Gasteiger partial charge in [0, 0.05) is 10.6 Å². The van der Waals surface area contributed by atoms with E-state index in [2.05, 4.69) is 10.3 Å². The summed E-state index contributed by atoms with van der Waals surface area (Å²) in [6.45, 7) is -0.0762. The molecule has 0 saturated heterocycles. The summed E-state index contributed by atoms with van der Waals surface area (Å²) in [5, 5.41) is 3.37. The SMILES string of the molecule is COc1ccccc1NC(=O)Cn1c(C(=O)c2ccc(Cl)cc2)nc2ccccc21. The van der Waals surface area contributed by atoms with Crippen molar-refractivity contribution in [2.24, 2.45) is 0 Å². The summed E-state index contributed by atoms with van der Waals surface area (Å²) in [5.74, 6) is 0.160. The number of imidazole rings is 1. The third-order valence-electron chi connectivity index (χ3n) is 4.65. The minimum absolute atomic E-state index is 0.0762. The van der Waals surface area contributed by atoms with Gasteiger partial charge < -0.3 is 14.6 Å². The molecule has 0 aliphatic carbocycles. The maximum absolute atomic E-state index is 13.1. The van der Waals surface area contributed by atoms with E-state index >= 15 is 0 Å². The molecule has 0 saturated carbocycles. The van der Waals surface area contributed by atoms with Crippen molar-refractivity contribution < 1.29 is 14.3 Å². The smallest absolute Gasteiger partial charge is 0.244 e. The van der Waals surface area contributed by atoms with Crippen molar-refractivity contribution in [1.82, 2.24) is 9.55 Å². The molecule has 0 spiro atoms. The van der Waals surface area contributed by atoms with E-state index in [1.54, 1.807) is 47.0 Å². The lowest BCUT2D eigenvalue weighted by Gasteiger charge is -2.12. The predicted molar refractivity (Wildman–Crippen MR) is 116 cm³/mol. The average Bonchev–Trinajstić information content (AvgIpc) is 3.12. The molecule has 7 heteroatoms. The number of aromatic nitrogens is 2. The minimum atomic E-state index is -0.298. The number of amides is 1. The molecule has 1 amide bonds. The number of carbonyl (C=O) groups is 2. The highest BCUT2D eigenvalue weighted by Gasteiger charge is 2.21. The highest BCUT2D eigenvalue weighted by atomic mass is 35.5. The predicted octanol–water partition coefficient (Wildman–Crippen LogP) is 4.57. The average molecular weight is 420 g/mol. The van der Waals surface area contributed by atoms with E-state index in [1.807, 2.05) is 30.3 Å². The van der Waals surface area contributed by atoms with Gasteiger partial charge in [-0.15, -0.1) is 0 Å². The molecular weight excluding hydrogens is 402 g/mol. The second kappa shape index (κ2) is 8.39. The van der Waals surface area contributed by atoms with Gasteiger partial charge in [0.25, 0.3) is 0 Å². The molecule has 1 N–H and O–H groups in total. The summed E-state index contributed by atoms with van der Waals surface area (Å²) in [7, 11) is 1.54. The Balaban J connectivity index is 1.69. The minimum Gasteiger partial charge on any atom is -0.495 e. The summed E-state index contributed by atoms with van der Waals surface area (Å²) in [5.41, 5.74) is 2.34. The number of hydrogen-bond donors (Lipinski definition) is 1. The molecule has 0 aliphatic rings. The number of ether oxygens (including phenoxy) is 1. The second-order valence-corrected chi connectivity index (χ2v) is 7.03. The first-order valence-corrected chi connectivity index (χ1v) is 9.63. The van der Waals surface area contributed by atoms with Gasteiger partial charge in [0.15, 0.2) is 5.82 Å². The number of para-hydroxylation sites is 4. The van der Waals surface area contributed by atoms with Crippen LogP contribution < -0.4 is 10.1 Å². The number of anilines is 1. The van der Waals surface area contributed by atoms with E-state index in [0.717, 1.165) is 0 Å². The Labute approximate surface area is 178 Å². The van der Waals surface area contributed by atoms with E-state index in [1.165, 1.54) is 7.11 Å². The van der Waals surface area contributed by atoms with E-state index in [-0.39, 0.29) is 24.1 Å². The molecule has 1 aromatic heterocycles. The third kappa shape index (κ3) is 3.90. The number of hydrogen-bond acceptors (Lipinski definition) is 4. The topological polar surface area (TPSA) is 73.2 Å². The number of nitrogens with one attached hydrogen (secondary N) is 1. The van der Waals surface area contributed by atoms with Crippen molar-refractivity contribution in [3.63, 3.8) is 0 Å². The largest absolute Gasteiger partial charge is 0.495 e. The molecule has 0 unspecified atom stereocenters. The lowest BCUT2D eigenvalue weighted by Crippen LogP contribution is -2.22. The molecule has 0 fully saturated rings. The number of carbonyl (C=O) groups excluding carboxylic acids is 2. The van der Waals surface area contributed by atoms with Gasteiger partial charge in [-0.1, -0.05) is 35.9 Å². The Morgan fingerprint density at radius 3 is 2.47 bits per heavy atom. The number of ketones is 1. The lowest BCUT2D eigenvalue weighted by atomic mass is 10.1. The van der Waals surface area contributed by atoms with Gasteiger partial charge in [0.2, 0.25) is 11.7 Å². The fourth-order valence-corrected chi connectivity index (χ4v) is 3.35. The van der Waals surface area contributed by atoms with Crippen LogP contribution in [-0.2, 0) is 11.3 Å². The molecule has 1 heterocycles. The van der Waals surface area contributed by atoms with Gasteiger partial charge in [-0.2, -0.15) is 0 Å². The van der Waals surface area contributed by atoms with E-state index < -0.39 is 0 Å². The molecule has 0 aliphatic heterocycles. The number of nitrogens with zero attached hydrogens (tertiary/aromatic N) is 2. The molecule has 4 rings (SSSR count). The Morgan fingerprint density at radius 2 is 1.70 bits per heavy atom. The molecule has 150 valence electrons. The zero-order valence-electron chi connectivity index (χ0n) is 16.1. The lowest BCUT2D eigenvalue weighted by molar-refractivity contribution is -0.116. The zero-order chi connectivity index (χ0) is 21.1. The number of benzene rings is 3. The van der Waals surface area contributed by atoms with Crippen molar-refractivity contribution in [2.45, 2.75) is 6.54 Å². The highest BCUT2D eigenvalue weighted by molar-refractivity contribution is 6.30. The summed E-state index contributed by atoms with van der Waals surface area (Å²) in [4.78, 5) is 30.4. The van der Waals surface area contributed by atoms with Crippen LogP contribution in [0.5, 0.6) is 5.75 Å². The molecule has 0 bridgehead atoms. The van der Waals surface area contributed by atoms with Crippen LogP contribution in [0.25, 0.3) is 11.0 Å². The van der Waals surface area contributed by atoms with E-state index in [4.69, 9.17) is 16.3 Å². The highest BCUT2D eigenvalue weighted by Crippen LogP contribution is 2.24. The Bertz CT molecular complexity index is 1230. The zero-order valence-corrected chi connectivity index (χ0v) is 16.9. The van der Waals surface area contributed by atoms with Crippen LogP contribution in [0, 0.1) is 0 Å². The van der Waals surface area contributed by atoms with Crippen molar-refractivity contribution in [2.75, 3.05) is 12.4 Å². The summed E-state index contributed by atoms with van der Waals surface area (Å²) in [6.07, 6.45) is 0. The van der Waals surface area contributed by atoms with E-state index in [0.29, 0.717) is 33.1 Å². The van der Waals surface area contributed by atoms with Crippen molar-refractivity contribution in [3.8, 4) is 5.75 Å². The number of fused-ring (bicyclic) bond motifs is 1. The first kappa shape index (κ1) is 19.7. The molecule has 6 nitrogen and oxygen atoms in total. The summed E-state index contributed by atoms with van der Waals surface area (Å²) >= 11 is 5.93. The number of halogens is 1. The quantitative estimate of drug-likeness (QED) is 0.465. The molecule has 30 heavy (non-hydrogen) atoms. The van der Waals surface area contributed by atoms with Crippen LogP contribution in [-0.4, -0.2) is 28.4 Å². The monoisotopic (exact) mass is 419 g/mol. The number of rotatable bonds is 6. The Morgan fingerprint density at radius 1 is 1.00 bits per heavy atom. The van der Waals surface area contributed by atoms with Gasteiger partial charge in [0.1, 0.15) is 12.3 Å². The third-order valence-corrected chi connectivity index (χ3v) is 4.90. The maximum Gasteiger partial charge on any atom is 0.244 e. The first-order valence-electron chi connectivity index (χ1n) is 9.25. The van der Waals surface area contributed by atoms with Crippen LogP contribution in [0.4, 0.5) is 5.69 Å². The van der Waals surface area contributed by atoms with Gasteiger partial charge in [-0.05, 0) is 48.5 Å². The van der Waals surface area contributed by atoms with Crippen LogP contribution in [0.2, 0.25) is 5.02 Å². The van der Waals surface area contributed by atoms with Crippen molar-refractivity contribution >= 4 is 40.0 Å². The van der Waals surface area contributed by atoms with E-state index in [9.17, 15) is 9.59 Å². The maximum atomic E-state index is 13.1. The Kier molecular flexibility index (Phi) is 5.50. The molecule has 3 aromatic carbocycles. The van der Waals surface area contributed by atoms with Gasteiger partial charge >= 0.3 is 0 Å². The molecule has 4 aromatic rings. The molecule has 0 atom stereocenters. The van der Waals surface area contributed by atoms with Gasteiger partial charge in [-0.3, -0.25) is 9.59 Å². The summed E-state index contributed by atoms with van der Waals surface area (Å²) < 4.78 is 6.90. The van der Waals surface area contributed by atoms with Crippen molar-refractivity contribution in [1.29, 1.82) is 0 Å². The normalized spacial score (nSPS) is 10.7. The van der Waals surface area contributed by atoms with Crippen LogP contribution >= 0.6 is 11.6 Å². The molecule has 0 radical (unpaired) electrons. The van der Waals surface area contributed by atoms with Crippen molar-refractivity contribution in [3.05, 3.63) is 89.2 Å². The van der Waals surface area contributed by atoms with Crippen LogP contribution in [0.1, 0.15) is 16.2 Å². The second-order valence-electron chi connectivity index (χ2n) is 6.59. The first-order chi connectivity index (χ1) is 14.6.